The van der Waals surface area contributed by atoms with Crippen molar-refractivity contribution in [3.8, 4) is 0 Å². The quantitative estimate of drug-likeness (QED) is 0.282. The molecule has 186 valence electrons. The van der Waals surface area contributed by atoms with E-state index < -0.39 is 0 Å². The maximum atomic E-state index is 13.4. The number of likely N-dealkylation sites (tertiary alicyclic amines) is 1. The summed E-state index contributed by atoms with van der Waals surface area (Å²) >= 11 is 1.76. The van der Waals surface area contributed by atoms with Crippen LogP contribution in [0.15, 0.2) is 78.9 Å². The minimum atomic E-state index is -0.266. The van der Waals surface area contributed by atoms with Gasteiger partial charge in [-0.3, -0.25) is 4.79 Å². The maximum Gasteiger partial charge on any atom is 0.270 e. The van der Waals surface area contributed by atoms with Gasteiger partial charge in [0.2, 0.25) is 0 Å². The van der Waals surface area contributed by atoms with Crippen molar-refractivity contribution < 1.29 is 13.6 Å². The van der Waals surface area contributed by atoms with E-state index in [0.29, 0.717) is 11.7 Å². The lowest BCUT2D eigenvalue weighted by Crippen LogP contribution is -2.45. The van der Waals surface area contributed by atoms with Gasteiger partial charge in [-0.1, -0.05) is 42.5 Å². The molecule has 0 saturated carbocycles. The predicted octanol–water partition coefficient (Wildman–Crippen LogP) is 6.16. The minimum Gasteiger partial charge on any atom is -0.351 e. The van der Waals surface area contributed by atoms with Crippen LogP contribution in [0.25, 0.3) is 10.9 Å². The van der Waals surface area contributed by atoms with Crippen molar-refractivity contribution in [2.24, 2.45) is 0 Å². The summed E-state index contributed by atoms with van der Waals surface area (Å²) in [6.07, 6.45) is 1.83. The van der Waals surface area contributed by atoms with Crippen LogP contribution in [-0.2, 0) is 0 Å². The van der Waals surface area contributed by atoms with E-state index in [2.05, 4.69) is 10.3 Å². The van der Waals surface area contributed by atoms with Gasteiger partial charge in [-0.2, -0.15) is 0 Å². The number of aromatic amines is 1. The van der Waals surface area contributed by atoms with Crippen LogP contribution in [0.2, 0.25) is 0 Å². The van der Waals surface area contributed by atoms with Crippen LogP contribution in [0, 0.1) is 11.6 Å². The second kappa shape index (κ2) is 11.3. The van der Waals surface area contributed by atoms with Gasteiger partial charge in [0.05, 0.1) is 5.25 Å². The molecule has 1 fully saturated rings. The molecule has 1 aliphatic heterocycles. The van der Waals surface area contributed by atoms with E-state index >= 15 is 0 Å². The van der Waals surface area contributed by atoms with Crippen molar-refractivity contribution in [2.45, 2.75) is 24.1 Å². The molecule has 4 nitrogen and oxygen atoms in total. The van der Waals surface area contributed by atoms with Crippen molar-refractivity contribution >= 4 is 28.6 Å². The zero-order valence-corrected chi connectivity index (χ0v) is 20.7. The van der Waals surface area contributed by atoms with Crippen LogP contribution in [0.4, 0.5) is 8.78 Å². The smallest absolute Gasteiger partial charge is 0.270 e. The molecule has 1 aromatic heterocycles. The number of nitrogens with zero attached hydrogens (tertiary/aromatic N) is 1. The molecule has 0 bridgehead atoms. The van der Waals surface area contributed by atoms with Crippen molar-refractivity contribution in [3.05, 3.63) is 107 Å². The lowest BCUT2D eigenvalue weighted by molar-refractivity contribution is 0.0701. The summed E-state index contributed by atoms with van der Waals surface area (Å²) in [6.45, 7) is 2.28. The molecule has 0 atom stereocenters. The van der Waals surface area contributed by atoms with Gasteiger partial charge in [0.15, 0.2) is 0 Å². The largest absolute Gasteiger partial charge is 0.351 e. The lowest BCUT2D eigenvalue weighted by Gasteiger charge is -2.32. The summed E-state index contributed by atoms with van der Waals surface area (Å²) in [6, 6.07) is 23.3. The molecule has 1 aliphatic rings. The van der Waals surface area contributed by atoms with E-state index in [1.165, 1.54) is 24.3 Å². The summed E-state index contributed by atoms with van der Waals surface area (Å²) in [5.41, 5.74) is 3.62. The number of hydrogen-bond donors (Lipinski definition) is 2. The Labute approximate surface area is 214 Å². The van der Waals surface area contributed by atoms with Gasteiger partial charge in [0, 0.05) is 42.3 Å². The fraction of sp³-hybridized carbons (Fsp3) is 0.276. The molecule has 2 N–H and O–H groups in total. The molecule has 0 aliphatic carbocycles. The minimum absolute atomic E-state index is 0.00350. The van der Waals surface area contributed by atoms with Crippen molar-refractivity contribution in [3.63, 3.8) is 0 Å². The van der Waals surface area contributed by atoms with Crippen LogP contribution in [-0.4, -0.2) is 47.2 Å². The Bertz CT molecular complexity index is 1220. The average molecular weight is 506 g/mol. The van der Waals surface area contributed by atoms with E-state index in [1.807, 2.05) is 35.2 Å². The number of carbonyl (C=O) groups excluding carboxylic acids is 1. The fourth-order valence-corrected chi connectivity index (χ4v) is 5.92. The zero-order valence-electron chi connectivity index (χ0n) is 19.9. The molecule has 36 heavy (non-hydrogen) atoms. The summed E-state index contributed by atoms with van der Waals surface area (Å²) < 4.78 is 26.9. The van der Waals surface area contributed by atoms with Crippen molar-refractivity contribution in [1.82, 2.24) is 15.2 Å². The molecule has 1 saturated heterocycles. The van der Waals surface area contributed by atoms with Gasteiger partial charge >= 0.3 is 0 Å². The van der Waals surface area contributed by atoms with Crippen LogP contribution in [0.5, 0.6) is 0 Å². The number of thioether (sulfide) groups is 1. The van der Waals surface area contributed by atoms with E-state index in [9.17, 15) is 13.6 Å². The molecule has 5 rings (SSSR count). The topological polar surface area (TPSA) is 48.1 Å². The SMILES string of the molecule is O=C(c1cc2ccccc2[nH]1)N1CCC(NCCSC(c2ccc(F)cc2)c2ccc(F)cc2)CC1. The Morgan fingerprint density at radius 3 is 2.17 bits per heavy atom. The molecule has 4 aromatic rings. The van der Waals surface area contributed by atoms with Gasteiger partial charge in [0.25, 0.3) is 5.91 Å². The number of rotatable bonds is 8. The normalized spacial score (nSPS) is 14.6. The molecule has 1 amide bonds. The van der Waals surface area contributed by atoms with Crippen LogP contribution in [0.1, 0.15) is 39.7 Å². The Morgan fingerprint density at radius 2 is 1.56 bits per heavy atom. The van der Waals surface area contributed by atoms with Crippen LogP contribution >= 0.6 is 11.8 Å². The predicted molar refractivity (Wildman–Crippen MR) is 142 cm³/mol. The summed E-state index contributed by atoms with van der Waals surface area (Å²) in [7, 11) is 0. The lowest BCUT2D eigenvalue weighted by atomic mass is 10.0. The standard InChI is InChI=1S/C29H29F2N3OS/c30-23-9-5-20(6-10-23)28(21-7-11-24(31)12-8-21)36-18-15-32-25-13-16-34(17-14-25)29(35)27-19-22-3-1-2-4-26(22)33-27/h1-12,19,25,28,32-33H,13-18H2. The number of carbonyl (C=O) groups is 1. The number of para-hydroxylation sites is 1. The molecule has 7 heteroatoms. The summed E-state index contributed by atoms with van der Waals surface area (Å²) in [4.78, 5) is 18.1. The van der Waals surface area contributed by atoms with Gasteiger partial charge < -0.3 is 15.2 Å². The number of piperidine rings is 1. The van der Waals surface area contributed by atoms with E-state index in [0.717, 1.165) is 60.3 Å². The van der Waals surface area contributed by atoms with Gasteiger partial charge in [-0.05, 0) is 60.4 Å². The second-order valence-corrected chi connectivity index (χ2v) is 10.4. The molecular formula is C29H29F2N3OS. The van der Waals surface area contributed by atoms with Gasteiger partial charge in [-0.15, -0.1) is 11.8 Å². The Morgan fingerprint density at radius 1 is 0.944 bits per heavy atom. The first kappa shape index (κ1) is 24.5. The number of benzene rings is 3. The molecule has 0 radical (unpaired) electrons. The van der Waals surface area contributed by atoms with Crippen molar-refractivity contribution in [2.75, 3.05) is 25.4 Å². The maximum absolute atomic E-state index is 13.4. The third-order valence-electron chi connectivity index (χ3n) is 6.71. The number of fused-ring (bicyclic) bond motifs is 1. The molecule has 0 unspecified atom stereocenters. The molecule has 0 spiro atoms. The van der Waals surface area contributed by atoms with E-state index in [4.69, 9.17) is 0 Å². The van der Waals surface area contributed by atoms with Gasteiger partial charge in [-0.25, -0.2) is 8.78 Å². The van der Waals surface area contributed by atoms with Gasteiger partial charge in [0.1, 0.15) is 17.3 Å². The highest BCUT2D eigenvalue weighted by molar-refractivity contribution is 7.99. The highest BCUT2D eigenvalue weighted by Gasteiger charge is 2.24. The summed E-state index contributed by atoms with van der Waals surface area (Å²) in [5, 5.41) is 4.69. The van der Waals surface area contributed by atoms with Crippen LogP contribution in [0.3, 0.4) is 0 Å². The number of hydrogen-bond acceptors (Lipinski definition) is 3. The first-order chi connectivity index (χ1) is 17.6. The zero-order chi connectivity index (χ0) is 24.9. The first-order valence-corrected chi connectivity index (χ1v) is 13.3. The number of H-pyrrole nitrogens is 1. The highest BCUT2D eigenvalue weighted by Crippen LogP contribution is 2.35. The van der Waals surface area contributed by atoms with E-state index in [1.54, 1.807) is 36.0 Å². The number of aromatic nitrogens is 1. The number of amides is 1. The van der Waals surface area contributed by atoms with Crippen molar-refractivity contribution in [1.29, 1.82) is 0 Å². The molecule has 2 heterocycles. The second-order valence-electron chi connectivity index (χ2n) is 9.14. The Hall–Kier alpha value is -3.16. The third kappa shape index (κ3) is 5.79. The van der Waals surface area contributed by atoms with Crippen LogP contribution < -0.4 is 5.32 Å². The number of halogens is 2. The summed E-state index contributed by atoms with van der Waals surface area (Å²) in [5.74, 6) is 0.380. The molecular weight excluding hydrogens is 476 g/mol. The first-order valence-electron chi connectivity index (χ1n) is 12.3. The monoisotopic (exact) mass is 505 g/mol. The Kier molecular flexibility index (Phi) is 7.68. The van der Waals surface area contributed by atoms with E-state index in [-0.39, 0.29) is 22.8 Å². The number of nitrogens with one attached hydrogen (secondary N) is 2. The molecule has 3 aromatic carbocycles. The highest BCUT2D eigenvalue weighted by atomic mass is 32.2. The average Bonchev–Trinajstić information content (AvgIpc) is 3.35. The fourth-order valence-electron chi connectivity index (χ4n) is 4.75. The third-order valence-corrected chi connectivity index (χ3v) is 8.03. The Balaban J connectivity index is 1.11.